The summed E-state index contributed by atoms with van der Waals surface area (Å²) in [5.74, 6) is -2.20. The number of anilines is 1. The maximum atomic E-state index is 13.0. The second-order valence-electron chi connectivity index (χ2n) is 7.80. The van der Waals surface area contributed by atoms with Gasteiger partial charge in [0.25, 0.3) is 11.8 Å². The van der Waals surface area contributed by atoms with E-state index in [9.17, 15) is 19.5 Å². The number of aromatic hydroxyl groups is 1. The summed E-state index contributed by atoms with van der Waals surface area (Å²) in [6.45, 7) is 1.68. The number of pyridine rings is 1. The summed E-state index contributed by atoms with van der Waals surface area (Å²) in [4.78, 5) is 47.0. The molecule has 0 bridgehead atoms. The van der Waals surface area contributed by atoms with Gasteiger partial charge < -0.3 is 16.2 Å². The second kappa shape index (κ2) is 11.0. The lowest BCUT2D eigenvalue weighted by Crippen LogP contribution is -2.27. The number of aryl methyl sites for hydroxylation is 1. The normalized spacial score (nSPS) is 11.2. The number of thiocarbonyl (C=S) groups is 1. The number of benzene rings is 2. The lowest BCUT2D eigenvalue weighted by molar-refractivity contribution is -0.134. The van der Waals surface area contributed by atoms with Crippen molar-refractivity contribution in [2.45, 2.75) is 13.3 Å². The van der Waals surface area contributed by atoms with Crippen LogP contribution in [0.2, 0.25) is 0 Å². The van der Waals surface area contributed by atoms with Crippen molar-refractivity contribution in [2.24, 2.45) is 10.8 Å². The molecule has 37 heavy (non-hydrogen) atoms. The van der Waals surface area contributed by atoms with Crippen LogP contribution >= 0.6 is 23.6 Å². The van der Waals surface area contributed by atoms with Crippen LogP contribution in [0.1, 0.15) is 32.4 Å². The van der Waals surface area contributed by atoms with Gasteiger partial charge in [0, 0.05) is 29.0 Å². The molecule has 0 saturated carbocycles. The summed E-state index contributed by atoms with van der Waals surface area (Å²) in [5, 5.41) is 18.3. The van der Waals surface area contributed by atoms with Gasteiger partial charge in [0.15, 0.2) is 5.01 Å². The zero-order chi connectivity index (χ0) is 26.5. The first-order valence-electron chi connectivity index (χ1n) is 10.8. The van der Waals surface area contributed by atoms with Crippen molar-refractivity contribution < 1.29 is 19.5 Å². The molecule has 0 atom stereocenters. The summed E-state index contributed by atoms with van der Waals surface area (Å²) in [6.07, 6.45) is 2.49. The van der Waals surface area contributed by atoms with E-state index in [0.29, 0.717) is 32.2 Å². The first kappa shape index (κ1) is 25.5. The minimum atomic E-state index is -0.888. The molecule has 2 amide bonds. The molecule has 0 spiro atoms. The summed E-state index contributed by atoms with van der Waals surface area (Å²) in [7, 11) is 0. The van der Waals surface area contributed by atoms with Crippen LogP contribution in [0.3, 0.4) is 0 Å². The third kappa shape index (κ3) is 6.00. The SMILES string of the molecule is Cc1nc(C(N)=S)sc1/C(CC(=O)C(=O)Nc1cccc2ccc(O)cc12)=N\NC(=O)c1ccncc1. The number of Topliss-reactive ketones (excluding diaryl/α,β-unsaturated/α-hetero) is 1. The monoisotopic (exact) mass is 532 g/mol. The standard InChI is InChI=1S/C25H20N6O4S2/c1-13-21(37-25(28-13)22(26)36)19(30-31-23(34)15-7-9-27-10-8-15)12-20(33)24(35)29-18-4-2-3-14-5-6-16(32)11-17(14)18/h2-11,32H,12H2,1H3,(H2,26,36)(H,29,35)(H,31,34)/b30-19-. The van der Waals surface area contributed by atoms with Crippen molar-refractivity contribution >= 4 is 68.3 Å². The van der Waals surface area contributed by atoms with E-state index in [-0.39, 0.29) is 16.4 Å². The zero-order valence-electron chi connectivity index (χ0n) is 19.4. The number of hydrogen-bond donors (Lipinski definition) is 4. The first-order chi connectivity index (χ1) is 17.7. The molecular weight excluding hydrogens is 512 g/mol. The summed E-state index contributed by atoms with van der Waals surface area (Å²) in [6, 6.07) is 12.9. The molecule has 186 valence electrons. The molecule has 12 heteroatoms. The molecule has 2 aromatic carbocycles. The van der Waals surface area contributed by atoms with Crippen LogP contribution < -0.4 is 16.5 Å². The van der Waals surface area contributed by atoms with Gasteiger partial charge in [-0.2, -0.15) is 5.10 Å². The first-order valence-corrected chi connectivity index (χ1v) is 12.1. The van der Waals surface area contributed by atoms with E-state index in [0.717, 1.165) is 16.7 Å². The smallest absolute Gasteiger partial charge is 0.292 e. The van der Waals surface area contributed by atoms with Crippen molar-refractivity contribution in [3.63, 3.8) is 0 Å². The Balaban J connectivity index is 1.60. The van der Waals surface area contributed by atoms with Gasteiger partial charge in [-0.3, -0.25) is 19.4 Å². The third-order valence-corrected chi connectivity index (χ3v) is 6.76. The maximum Gasteiger partial charge on any atom is 0.292 e. The average Bonchev–Trinajstić information content (AvgIpc) is 3.28. The van der Waals surface area contributed by atoms with E-state index >= 15 is 0 Å². The number of nitrogens with two attached hydrogens (primary N) is 1. The molecule has 0 aliphatic carbocycles. The van der Waals surface area contributed by atoms with E-state index in [2.05, 4.69) is 25.8 Å². The van der Waals surface area contributed by atoms with Gasteiger partial charge in [-0.25, -0.2) is 10.4 Å². The predicted molar refractivity (Wildman–Crippen MR) is 145 cm³/mol. The number of phenolic OH excluding ortho intramolecular Hbond substituents is 1. The topological polar surface area (TPSA) is 160 Å². The van der Waals surface area contributed by atoms with Crippen molar-refractivity contribution in [3.8, 4) is 5.75 Å². The van der Waals surface area contributed by atoms with Gasteiger partial charge in [-0.1, -0.05) is 30.4 Å². The molecule has 4 aromatic rings. The third-order valence-electron chi connectivity index (χ3n) is 5.20. The Hall–Kier alpha value is -4.55. The molecule has 0 radical (unpaired) electrons. The molecule has 0 aliphatic heterocycles. The van der Waals surface area contributed by atoms with Crippen LogP contribution in [0.15, 0.2) is 66.0 Å². The molecule has 0 unspecified atom stereocenters. The number of hydrogen-bond acceptors (Lipinski definition) is 9. The van der Waals surface area contributed by atoms with Crippen LogP contribution in [0.25, 0.3) is 10.8 Å². The second-order valence-corrected chi connectivity index (χ2v) is 9.24. The number of phenols is 1. The van der Waals surface area contributed by atoms with Crippen molar-refractivity contribution in [3.05, 3.63) is 82.1 Å². The van der Waals surface area contributed by atoms with Crippen LogP contribution in [0.5, 0.6) is 5.75 Å². The van der Waals surface area contributed by atoms with Crippen LogP contribution in [-0.4, -0.2) is 43.4 Å². The predicted octanol–water partition coefficient (Wildman–Crippen LogP) is 3.07. The maximum absolute atomic E-state index is 13.0. The van der Waals surface area contributed by atoms with E-state index in [1.165, 1.54) is 36.7 Å². The number of amides is 2. The zero-order valence-corrected chi connectivity index (χ0v) is 21.0. The summed E-state index contributed by atoms with van der Waals surface area (Å²) >= 11 is 6.11. The fraction of sp³-hybridized carbons (Fsp3) is 0.0800. The number of fused-ring (bicyclic) bond motifs is 1. The lowest BCUT2D eigenvalue weighted by atomic mass is 10.1. The number of aromatic nitrogens is 2. The number of carbonyl (C=O) groups excluding carboxylic acids is 3. The Morgan fingerprint density at radius 1 is 1.14 bits per heavy atom. The average molecular weight is 533 g/mol. The molecule has 2 heterocycles. The van der Waals surface area contributed by atoms with Gasteiger partial charge in [0.1, 0.15) is 10.7 Å². The van der Waals surface area contributed by atoms with Gasteiger partial charge in [-0.05, 0) is 42.6 Å². The fourth-order valence-electron chi connectivity index (χ4n) is 3.42. The van der Waals surface area contributed by atoms with E-state index in [4.69, 9.17) is 18.0 Å². The summed E-state index contributed by atoms with van der Waals surface area (Å²) < 4.78 is 0. The van der Waals surface area contributed by atoms with Crippen LogP contribution in [0, 0.1) is 6.92 Å². The quantitative estimate of drug-likeness (QED) is 0.117. The highest BCUT2D eigenvalue weighted by atomic mass is 32.1. The molecule has 2 aromatic heterocycles. The van der Waals surface area contributed by atoms with Crippen LogP contribution in [-0.2, 0) is 9.59 Å². The molecular formula is C25H20N6O4S2. The molecule has 0 aliphatic rings. The highest BCUT2D eigenvalue weighted by molar-refractivity contribution is 7.81. The Bertz CT molecular complexity index is 1570. The van der Waals surface area contributed by atoms with Crippen molar-refractivity contribution in [1.29, 1.82) is 0 Å². The number of rotatable bonds is 8. The number of hydrazone groups is 1. The lowest BCUT2D eigenvalue weighted by Gasteiger charge is -2.10. The highest BCUT2D eigenvalue weighted by Gasteiger charge is 2.23. The Morgan fingerprint density at radius 3 is 2.59 bits per heavy atom. The minimum absolute atomic E-state index is 0.0224. The number of nitrogens with one attached hydrogen (secondary N) is 2. The largest absolute Gasteiger partial charge is 0.508 e. The van der Waals surface area contributed by atoms with Crippen molar-refractivity contribution in [2.75, 3.05) is 5.32 Å². The van der Waals surface area contributed by atoms with Gasteiger partial charge in [-0.15, -0.1) is 11.3 Å². The van der Waals surface area contributed by atoms with E-state index in [1.807, 2.05) is 6.07 Å². The number of nitrogens with zero attached hydrogens (tertiary/aromatic N) is 3. The molecule has 5 N–H and O–H groups in total. The molecule has 10 nitrogen and oxygen atoms in total. The van der Waals surface area contributed by atoms with Crippen molar-refractivity contribution in [1.82, 2.24) is 15.4 Å². The Morgan fingerprint density at radius 2 is 1.89 bits per heavy atom. The Labute approximate surface area is 220 Å². The fourth-order valence-corrected chi connectivity index (χ4v) is 4.50. The van der Waals surface area contributed by atoms with Crippen LogP contribution in [0.4, 0.5) is 5.69 Å². The molecule has 4 rings (SSSR count). The number of ketones is 1. The Kier molecular flexibility index (Phi) is 7.60. The molecule has 0 saturated heterocycles. The minimum Gasteiger partial charge on any atom is -0.508 e. The molecule has 0 fully saturated rings. The van der Waals surface area contributed by atoms with E-state index in [1.54, 1.807) is 25.1 Å². The van der Waals surface area contributed by atoms with E-state index < -0.39 is 24.0 Å². The number of carbonyl (C=O) groups is 3. The summed E-state index contributed by atoms with van der Waals surface area (Å²) in [5.41, 5.74) is 9.40. The van der Waals surface area contributed by atoms with Gasteiger partial charge in [0.05, 0.1) is 22.7 Å². The highest BCUT2D eigenvalue weighted by Crippen LogP contribution is 2.27. The van der Waals surface area contributed by atoms with Gasteiger partial charge >= 0.3 is 0 Å². The number of thiazole rings is 1. The van der Waals surface area contributed by atoms with Gasteiger partial charge in [0.2, 0.25) is 5.78 Å².